The molecule has 0 aromatic heterocycles. The van der Waals surface area contributed by atoms with Crippen LogP contribution in [0.3, 0.4) is 0 Å². The van der Waals surface area contributed by atoms with Gasteiger partial charge in [-0.1, -0.05) is 6.07 Å². The molecule has 0 radical (unpaired) electrons. The average Bonchev–Trinajstić information content (AvgIpc) is 2.88. The van der Waals surface area contributed by atoms with Gasteiger partial charge in [-0.15, -0.1) is 0 Å². The van der Waals surface area contributed by atoms with E-state index in [4.69, 9.17) is 9.47 Å². The molecule has 0 spiro atoms. The number of hydrogen-bond donors (Lipinski definition) is 0. The minimum Gasteiger partial charge on any atom is -0.465 e. The second-order valence-electron chi connectivity index (χ2n) is 8.18. The van der Waals surface area contributed by atoms with Crippen molar-refractivity contribution >= 4 is 31.6 Å². The molecule has 12 heteroatoms. The summed E-state index contributed by atoms with van der Waals surface area (Å²) in [5, 5.41) is 0. The SMILES string of the molecule is COC(=O)c1cccc(S(=O)(=O)c2cc(C(=O)N3CCS(=O)(=O)CC3)cc(C3OCCCO3)c2)c1. The lowest BCUT2D eigenvalue weighted by Crippen LogP contribution is -2.43. The molecule has 2 saturated heterocycles. The van der Waals surface area contributed by atoms with Crippen molar-refractivity contribution in [1.82, 2.24) is 4.90 Å². The maximum atomic E-state index is 13.5. The summed E-state index contributed by atoms with van der Waals surface area (Å²) in [5.41, 5.74) is 0.486. The first-order valence-electron chi connectivity index (χ1n) is 10.9. The average molecular weight is 524 g/mol. The summed E-state index contributed by atoms with van der Waals surface area (Å²) in [5.74, 6) is -1.48. The molecule has 2 aliphatic heterocycles. The summed E-state index contributed by atoms with van der Waals surface area (Å²) in [6, 6.07) is 9.55. The first-order valence-corrected chi connectivity index (χ1v) is 14.2. The number of carbonyl (C=O) groups excluding carboxylic acids is 2. The van der Waals surface area contributed by atoms with Crippen molar-refractivity contribution in [2.75, 3.05) is 44.9 Å². The van der Waals surface area contributed by atoms with Crippen LogP contribution < -0.4 is 0 Å². The number of methoxy groups -OCH3 is 1. The van der Waals surface area contributed by atoms with Gasteiger partial charge >= 0.3 is 5.97 Å². The summed E-state index contributed by atoms with van der Waals surface area (Å²) < 4.78 is 66.5. The van der Waals surface area contributed by atoms with E-state index < -0.39 is 37.8 Å². The fraction of sp³-hybridized carbons (Fsp3) is 0.391. The third kappa shape index (κ3) is 5.56. The summed E-state index contributed by atoms with van der Waals surface area (Å²) in [6.07, 6.45) is -0.170. The van der Waals surface area contributed by atoms with Crippen LogP contribution in [0.5, 0.6) is 0 Å². The van der Waals surface area contributed by atoms with Gasteiger partial charge in [0.15, 0.2) is 16.1 Å². The lowest BCUT2D eigenvalue weighted by atomic mass is 10.1. The zero-order chi connectivity index (χ0) is 25.2. The number of benzene rings is 2. The van der Waals surface area contributed by atoms with E-state index in [-0.39, 0.29) is 45.5 Å². The largest absolute Gasteiger partial charge is 0.465 e. The zero-order valence-corrected chi connectivity index (χ0v) is 20.6. The van der Waals surface area contributed by atoms with Gasteiger partial charge in [0, 0.05) is 24.2 Å². The number of sulfone groups is 2. The highest BCUT2D eigenvalue weighted by molar-refractivity contribution is 7.91. The highest BCUT2D eigenvalue weighted by atomic mass is 32.2. The van der Waals surface area contributed by atoms with Crippen LogP contribution in [0, 0.1) is 0 Å². The predicted octanol–water partition coefficient (Wildman–Crippen LogP) is 1.61. The zero-order valence-electron chi connectivity index (χ0n) is 19.0. The number of ether oxygens (including phenoxy) is 3. The van der Waals surface area contributed by atoms with Gasteiger partial charge in [0.25, 0.3) is 5.91 Å². The molecule has 1 amide bonds. The van der Waals surface area contributed by atoms with E-state index in [1.54, 1.807) is 0 Å². The van der Waals surface area contributed by atoms with Crippen molar-refractivity contribution in [2.45, 2.75) is 22.5 Å². The Hall–Kier alpha value is -2.80. The van der Waals surface area contributed by atoms with Crippen LogP contribution in [0.15, 0.2) is 52.3 Å². The molecule has 0 bridgehead atoms. The number of amides is 1. The van der Waals surface area contributed by atoms with Crippen molar-refractivity contribution in [3.05, 3.63) is 59.2 Å². The standard InChI is InChI=1S/C23H25NO9S2/c1-31-22(26)16-4-2-5-19(13-16)35(29,30)20-14-17(12-18(15-20)23-32-8-3-9-33-23)21(25)24-6-10-34(27,28)11-7-24/h2,4-5,12-15,23H,3,6-11H2,1H3. The van der Waals surface area contributed by atoms with Crippen molar-refractivity contribution in [3.8, 4) is 0 Å². The fourth-order valence-corrected chi connectivity index (χ4v) is 6.45. The second kappa shape index (κ2) is 10.1. The van der Waals surface area contributed by atoms with Gasteiger partial charge < -0.3 is 19.1 Å². The number of esters is 1. The summed E-state index contributed by atoms with van der Waals surface area (Å²) >= 11 is 0. The van der Waals surface area contributed by atoms with Gasteiger partial charge in [0.2, 0.25) is 9.84 Å². The van der Waals surface area contributed by atoms with Gasteiger partial charge in [0.05, 0.1) is 47.2 Å². The number of hydrogen-bond acceptors (Lipinski definition) is 9. The van der Waals surface area contributed by atoms with Crippen LogP contribution >= 0.6 is 0 Å². The molecule has 35 heavy (non-hydrogen) atoms. The molecule has 2 fully saturated rings. The predicted molar refractivity (Wildman–Crippen MR) is 123 cm³/mol. The van der Waals surface area contributed by atoms with Gasteiger partial charge in [-0.25, -0.2) is 21.6 Å². The smallest absolute Gasteiger partial charge is 0.337 e. The first-order chi connectivity index (χ1) is 16.6. The molecule has 2 aromatic carbocycles. The molecule has 188 valence electrons. The van der Waals surface area contributed by atoms with E-state index in [9.17, 15) is 26.4 Å². The summed E-state index contributed by atoms with van der Waals surface area (Å²) in [7, 11) is -6.16. The third-order valence-electron chi connectivity index (χ3n) is 5.78. The Labute approximate surface area is 203 Å². The highest BCUT2D eigenvalue weighted by Gasteiger charge is 2.29. The Morgan fingerprint density at radius 3 is 2.29 bits per heavy atom. The minimum absolute atomic E-state index is 0.0189. The molecular formula is C23H25NO9S2. The van der Waals surface area contributed by atoms with Crippen LogP contribution in [0.2, 0.25) is 0 Å². The second-order valence-corrected chi connectivity index (χ2v) is 12.4. The Kier molecular flexibility index (Phi) is 7.27. The third-order valence-corrected chi connectivity index (χ3v) is 9.12. The Morgan fingerprint density at radius 2 is 1.63 bits per heavy atom. The molecule has 10 nitrogen and oxygen atoms in total. The fourth-order valence-electron chi connectivity index (χ4n) is 3.86. The van der Waals surface area contributed by atoms with Crippen LogP contribution in [-0.4, -0.2) is 78.5 Å². The van der Waals surface area contributed by atoms with Gasteiger partial charge in [-0.3, -0.25) is 4.79 Å². The molecule has 0 atom stereocenters. The van der Waals surface area contributed by atoms with Gasteiger partial charge in [0.1, 0.15) is 0 Å². The Bertz CT molecular complexity index is 1330. The highest BCUT2D eigenvalue weighted by Crippen LogP contribution is 2.30. The molecule has 0 saturated carbocycles. The summed E-state index contributed by atoms with van der Waals surface area (Å²) in [4.78, 5) is 26.2. The topological polar surface area (TPSA) is 133 Å². The van der Waals surface area contributed by atoms with Crippen molar-refractivity contribution < 1.29 is 40.6 Å². The molecule has 4 rings (SSSR count). The maximum Gasteiger partial charge on any atom is 0.337 e. The van der Waals surface area contributed by atoms with Crippen LogP contribution in [0.1, 0.15) is 39.0 Å². The van der Waals surface area contributed by atoms with Crippen molar-refractivity contribution in [1.29, 1.82) is 0 Å². The summed E-state index contributed by atoms with van der Waals surface area (Å²) in [6.45, 7) is 0.863. The van der Waals surface area contributed by atoms with E-state index >= 15 is 0 Å². The number of rotatable bonds is 5. The molecule has 0 aliphatic carbocycles. The minimum atomic E-state index is -4.16. The lowest BCUT2D eigenvalue weighted by molar-refractivity contribution is -0.183. The van der Waals surface area contributed by atoms with E-state index in [1.807, 2.05) is 0 Å². The van der Waals surface area contributed by atoms with Crippen molar-refractivity contribution in [2.24, 2.45) is 0 Å². The van der Waals surface area contributed by atoms with E-state index in [1.165, 1.54) is 54.5 Å². The molecule has 2 aliphatic rings. The molecule has 0 N–H and O–H groups in total. The van der Waals surface area contributed by atoms with Crippen molar-refractivity contribution in [3.63, 3.8) is 0 Å². The Morgan fingerprint density at radius 1 is 0.971 bits per heavy atom. The molecule has 2 heterocycles. The Balaban J connectivity index is 1.76. The van der Waals surface area contributed by atoms with Gasteiger partial charge in [-0.2, -0.15) is 0 Å². The maximum absolute atomic E-state index is 13.5. The van der Waals surface area contributed by atoms with Crippen LogP contribution in [0.4, 0.5) is 0 Å². The molecule has 0 unspecified atom stereocenters. The monoisotopic (exact) mass is 523 g/mol. The van der Waals surface area contributed by atoms with E-state index in [0.29, 0.717) is 25.2 Å². The quantitative estimate of drug-likeness (QED) is 0.536. The normalized spacial score (nSPS) is 18.7. The number of nitrogens with zero attached hydrogens (tertiary/aromatic N) is 1. The van der Waals surface area contributed by atoms with Crippen LogP contribution in [-0.2, 0) is 33.9 Å². The van der Waals surface area contributed by atoms with E-state index in [0.717, 1.165) is 0 Å². The van der Waals surface area contributed by atoms with Gasteiger partial charge in [-0.05, 0) is 42.8 Å². The lowest BCUT2D eigenvalue weighted by Gasteiger charge is -2.28. The first kappa shape index (κ1) is 25.3. The van der Waals surface area contributed by atoms with E-state index in [2.05, 4.69) is 4.74 Å². The molecular weight excluding hydrogens is 498 g/mol. The van der Waals surface area contributed by atoms with Crippen LogP contribution in [0.25, 0.3) is 0 Å². The number of carbonyl (C=O) groups is 2. The molecule has 2 aromatic rings.